The lowest BCUT2D eigenvalue weighted by Crippen LogP contribution is -2.44. The summed E-state index contributed by atoms with van der Waals surface area (Å²) in [6.07, 6.45) is 0.897. The van der Waals surface area contributed by atoms with Crippen molar-refractivity contribution in [2.24, 2.45) is 0 Å². The van der Waals surface area contributed by atoms with E-state index < -0.39 is 5.60 Å². The topological polar surface area (TPSA) is 52.6 Å². The zero-order valence-corrected chi connectivity index (χ0v) is 12.8. The molecule has 104 valence electrons. The van der Waals surface area contributed by atoms with Crippen LogP contribution in [0.15, 0.2) is 28.7 Å². The molecule has 0 spiro atoms. The quantitative estimate of drug-likeness (QED) is 0.895. The molecule has 0 aliphatic carbocycles. The maximum Gasteiger partial charge on any atom is 0.254 e. The number of hydrogen-bond acceptors (Lipinski definition) is 3. The van der Waals surface area contributed by atoms with Crippen LogP contribution in [0.2, 0.25) is 0 Å². The third-order valence-electron chi connectivity index (χ3n) is 3.19. The Morgan fingerprint density at radius 2 is 2.26 bits per heavy atom. The molecule has 1 atom stereocenters. The van der Waals surface area contributed by atoms with E-state index in [4.69, 9.17) is 0 Å². The molecule has 1 aliphatic heterocycles. The van der Waals surface area contributed by atoms with Crippen molar-refractivity contribution in [3.8, 4) is 0 Å². The summed E-state index contributed by atoms with van der Waals surface area (Å²) >= 11 is 3.44. The molecule has 2 rings (SSSR count). The predicted molar refractivity (Wildman–Crippen MR) is 79.0 cm³/mol. The third kappa shape index (κ3) is 3.70. The first-order valence-corrected chi connectivity index (χ1v) is 7.19. The summed E-state index contributed by atoms with van der Waals surface area (Å²) in [6.45, 7) is 4.39. The number of benzene rings is 1. The molecular formula is C14H19BrN2O2. The highest BCUT2D eigenvalue weighted by molar-refractivity contribution is 9.10. The number of anilines is 1. The number of halogens is 1. The highest BCUT2D eigenvalue weighted by Crippen LogP contribution is 2.21. The zero-order valence-electron chi connectivity index (χ0n) is 11.2. The first kappa shape index (κ1) is 14.3. The van der Waals surface area contributed by atoms with E-state index in [2.05, 4.69) is 21.2 Å². The van der Waals surface area contributed by atoms with E-state index in [0.29, 0.717) is 13.1 Å². The second-order valence-electron chi connectivity index (χ2n) is 5.45. The molecule has 5 heteroatoms. The van der Waals surface area contributed by atoms with Gasteiger partial charge in [0.1, 0.15) is 5.60 Å². The average Bonchev–Trinajstić information content (AvgIpc) is 2.75. The number of carbonyl (C=O) groups is 1. The van der Waals surface area contributed by atoms with Crippen molar-refractivity contribution < 1.29 is 9.90 Å². The molecule has 1 heterocycles. The van der Waals surface area contributed by atoms with Crippen LogP contribution in [-0.2, 0) is 4.79 Å². The van der Waals surface area contributed by atoms with Crippen molar-refractivity contribution in [2.45, 2.75) is 31.9 Å². The second kappa shape index (κ2) is 5.51. The van der Waals surface area contributed by atoms with E-state index in [9.17, 15) is 9.90 Å². The molecule has 19 heavy (non-hydrogen) atoms. The molecule has 1 aliphatic rings. The molecule has 0 aromatic heterocycles. The van der Waals surface area contributed by atoms with E-state index in [1.807, 2.05) is 24.3 Å². The molecule has 2 N–H and O–H groups in total. The number of hydrogen-bond donors (Lipinski definition) is 2. The lowest BCUT2D eigenvalue weighted by Gasteiger charge is -2.24. The minimum absolute atomic E-state index is 0.203. The molecule has 0 bridgehead atoms. The smallest absolute Gasteiger partial charge is 0.254 e. The first-order chi connectivity index (χ1) is 8.86. The van der Waals surface area contributed by atoms with Gasteiger partial charge in [0.25, 0.3) is 5.91 Å². The van der Waals surface area contributed by atoms with E-state index in [1.165, 1.54) is 13.8 Å². The number of rotatable bonds is 3. The third-order valence-corrected chi connectivity index (χ3v) is 3.69. The molecule has 0 saturated carbocycles. The van der Waals surface area contributed by atoms with Gasteiger partial charge in [0.05, 0.1) is 0 Å². The molecule has 1 fully saturated rings. The first-order valence-electron chi connectivity index (χ1n) is 6.40. The van der Waals surface area contributed by atoms with Gasteiger partial charge in [-0.3, -0.25) is 4.79 Å². The van der Waals surface area contributed by atoms with Crippen molar-refractivity contribution in [1.82, 2.24) is 4.90 Å². The Morgan fingerprint density at radius 3 is 2.89 bits per heavy atom. The van der Waals surface area contributed by atoms with Gasteiger partial charge in [-0.05, 0) is 38.5 Å². The Bertz CT molecular complexity index is 471. The fourth-order valence-corrected chi connectivity index (χ4v) is 2.66. The number of likely N-dealkylation sites (tertiary alicyclic amines) is 1. The number of carbonyl (C=O) groups excluding carboxylic acids is 1. The van der Waals surface area contributed by atoms with Crippen molar-refractivity contribution in [2.75, 3.05) is 18.4 Å². The summed E-state index contributed by atoms with van der Waals surface area (Å²) in [7, 11) is 0. The Balaban J connectivity index is 1.94. The minimum Gasteiger partial charge on any atom is -0.381 e. The number of aliphatic hydroxyl groups is 1. The largest absolute Gasteiger partial charge is 0.381 e. The van der Waals surface area contributed by atoms with Crippen LogP contribution in [-0.4, -0.2) is 40.6 Å². The molecule has 0 unspecified atom stereocenters. The summed E-state index contributed by atoms with van der Waals surface area (Å²) in [5.74, 6) is -0.203. The van der Waals surface area contributed by atoms with Gasteiger partial charge in [-0.25, -0.2) is 0 Å². The molecule has 0 radical (unpaired) electrons. The van der Waals surface area contributed by atoms with Gasteiger partial charge in [0.2, 0.25) is 0 Å². The number of amides is 1. The van der Waals surface area contributed by atoms with Crippen LogP contribution in [0.4, 0.5) is 5.69 Å². The lowest BCUT2D eigenvalue weighted by atomic mass is 10.1. The normalized spacial score (nSPS) is 19.6. The molecule has 1 aromatic carbocycles. The zero-order chi connectivity index (χ0) is 14.0. The van der Waals surface area contributed by atoms with Crippen LogP contribution in [0.3, 0.4) is 0 Å². The van der Waals surface area contributed by atoms with Crippen LogP contribution >= 0.6 is 15.9 Å². The van der Waals surface area contributed by atoms with Crippen LogP contribution in [0.5, 0.6) is 0 Å². The van der Waals surface area contributed by atoms with Gasteiger partial charge in [0, 0.05) is 29.3 Å². The fraction of sp³-hybridized carbons (Fsp3) is 0.500. The van der Waals surface area contributed by atoms with E-state index in [-0.39, 0.29) is 11.9 Å². The standard InChI is InChI=1S/C14H19BrN2O2/c1-14(2,19)13(18)17-7-6-12(9-17)16-11-5-3-4-10(15)8-11/h3-5,8,12,16,19H,6-7,9H2,1-2H3/t12-/m0/s1. The Morgan fingerprint density at radius 1 is 1.53 bits per heavy atom. The van der Waals surface area contributed by atoms with Crippen LogP contribution in [0.25, 0.3) is 0 Å². The monoisotopic (exact) mass is 326 g/mol. The molecule has 1 amide bonds. The number of nitrogens with one attached hydrogen (secondary N) is 1. The Labute approximate surface area is 121 Å². The summed E-state index contributed by atoms with van der Waals surface area (Å²) in [5, 5.41) is 13.2. The van der Waals surface area contributed by atoms with Crippen LogP contribution < -0.4 is 5.32 Å². The fourth-order valence-electron chi connectivity index (χ4n) is 2.26. The second-order valence-corrected chi connectivity index (χ2v) is 6.37. The van der Waals surface area contributed by atoms with Crippen LogP contribution in [0, 0.1) is 0 Å². The van der Waals surface area contributed by atoms with Gasteiger partial charge >= 0.3 is 0 Å². The predicted octanol–water partition coefficient (Wildman–Crippen LogP) is 2.23. The molecule has 4 nitrogen and oxygen atoms in total. The summed E-state index contributed by atoms with van der Waals surface area (Å²) in [4.78, 5) is 13.7. The highest BCUT2D eigenvalue weighted by Gasteiger charge is 2.34. The molecule has 1 saturated heterocycles. The van der Waals surface area contributed by atoms with Gasteiger partial charge in [-0.1, -0.05) is 22.0 Å². The van der Waals surface area contributed by atoms with Crippen molar-refractivity contribution in [3.63, 3.8) is 0 Å². The summed E-state index contributed by atoms with van der Waals surface area (Å²) in [6, 6.07) is 8.21. The van der Waals surface area contributed by atoms with E-state index in [0.717, 1.165) is 16.6 Å². The SMILES string of the molecule is CC(C)(O)C(=O)N1CC[C@H](Nc2cccc(Br)c2)C1. The average molecular weight is 327 g/mol. The Hall–Kier alpha value is -1.07. The maximum absolute atomic E-state index is 12.0. The van der Waals surface area contributed by atoms with Crippen molar-refractivity contribution in [1.29, 1.82) is 0 Å². The Kier molecular flexibility index (Phi) is 4.16. The number of nitrogens with zero attached hydrogens (tertiary/aromatic N) is 1. The van der Waals surface area contributed by atoms with Crippen molar-refractivity contribution in [3.05, 3.63) is 28.7 Å². The van der Waals surface area contributed by atoms with Gasteiger partial charge < -0.3 is 15.3 Å². The highest BCUT2D eigenvalue weighted by atomic mass is 79.9. The van der Waals surface area contributed by atoms with Gasteiger partial charge in [0.15, 0.2) is 0 Å². The molecular weight excluding hydrogens is 308 g/mol. The van der Waals surface area contributed by atoms with Crippen molar-refractivity contribution >= 4 is 27.5 Å². The van der Waals surface area contributed by atoms with Gasteiger partial charge in [-0.15, -0.1) is 0 Å². The minimum atomic E-state index is -1.29. The lowest BCUT2D eigenvalue weighted by molar-refractivity contribution is -0.146. The van der Waals surface area contributed by atoms with Gasteiger partial charge in [-0.2, -0.15) is 0 Å². The van der Waals surface area contributed by atoms with E-state index >= 15 is 0 Å². The van der Waals surface area contributed by atoms with Crippen LogP contribution in [0.1, 0.15) is 20.3 Å². The molecule has 1 aromatic rings. The maximum atomic E-state index is 12.0. The summed E-state index contributed by atoms with van der Waals surface area (Å²) in [5.41, 5.74) is -0.248. The summed E-state index contributed by atoms with van der Waals surface area (Å²) < 4.78 is 1.03. The van der Waals surface area contributed by atoms with E-state index in [1.54, 1.807) is 4.90 Å².